The second-order valence-corrected chi connectivity index (χ2v) is 5.99. The third kappa shape index (κ3) is 3.74. The average Bonchev–Trinajstić information content (AvgIpc) is 2.46. The van der Waals surface area contributed by atoms with Gasteiger partial charge in [0.25, 0.3) is 0 Å². The Morgan fingerprint density at radius 2 is 2.00 bits per heavy atom. The molecule has 0 saturated heterocycles. The maximum Gasteiger partial charge on any atom is 0.123 e. The van der Waals surface area contributed by atoms with Crippen LogP contribution in [0.1, 0.15) is 11.1 Å². The number of anilines is 1. The van der Waals surface area contributed by atoms with Gasteiger partial charge in [0.05, 0.1) is 0 Å². The molecule has 0 saturated carbocycles. The largest absolute Gasteiger partial charge is 0.389 e. The lowest BCUT2D eigenvalue weighted by molar-refractivity contribution is 0.625. The molecule has 2 rings (SSSR count). The second-order valence-electron chi connectivity index (χ2n) is 4.70. The first-order chi connectivity index (χ1) is 10.0. The van der Waals surface area contributed by atoms with Gasteiger partial charge in [-0.15, -0.1) is 11.8 Å². The number of hydrogen-bond acceptors (Lipinski definition) is 3. The smallest absolute Gasteiger partial charge is 0.123 e. The zero-order chi connectivity index (χ0) is 15.4. The van der Waals surface area contributed by atoms with Crippen LogP contribution in [0.15, 0.2) is 47.4 Å². The van der Waals surface area contributed by atoms with Crippen LogP contribution >= 0.6 is 24.0 Å². The standard InChI is InChI=1S/C16H17FN2S2/c1-19(10-11-5-3-6-12(17)9-11)13-7-4-8-14(21-2)15(13)16(18)20/h3-9H,10H2,1-2H3,(H2,18,20). The van der Waals surface area contributed by atoms with Gasteiger partial charge in [0.2, 0.25) is 0 Å². The molecule has 0 aliphatic carbocycles. The van der Waals surface area contributed by atoms with Crippen LogP contribution in [0.4, 0.5) is 10.1 Å². The van der Waals surface area contributed by atoms with Crippen molar-refractivity contribution in [3.05, 3.63) is 59.4 Å². The lowest BCUT2D eigenvalue weighted by Gasteiger charge is -2.23. The molecule has 2 aromatic rings. The first-order valence-electron chi connectivity index (χ1n) is 6.45. The van der Waals surface area contributed by atoms with Crippen molar-refractivity contribution in [2.75, 3.05) is 18.2 Å². The Kier molecular flexibility index (Phi) is 5.20. The van der Waals surface area contributed by atoms with Gasteiger partial charge in [-0.25, -0.2) is 4.39 Å². The molecule has 0 atom stereocenters. The van der Waals surface area contributed by atoms with Crippen molar-refractivity contribution in [1.29, 1.82) is 0 Å². The summed E-state index contributed by atoms with van der Waals surface area (Å²) in [6.45, 7) is 0.588. The lowest BCUT2D eigenvalue weighted by Crippen LogP contribution is -2.22. The molecular weight excluding hydrogens is 303 g/mol. The van der Waals surface area contributed by atoms with Crippen molar-refractivity contribution in [1.82, 2.24) is 0 Å². The Morgan fingerprint density at radius 3 is 2.62 bits per heavy atom. The van der Waals surface area contributed by atoms with Gasteiger partial charge in [0.1, 0.15) is 10.8 Å². The fraction of sp³-hybridized carbons (Fsp3) is 0.188. The van der Waals surface area contributed by atoms with Crippen LogP contribution in [0.3, 0.4) is 0 Å². The Morgan fingerprint density at radius 1 is 1.29 bits per heavy atom. The van der Waals surface area contributed by atoms with Crippen LogP contribution < -0.4 is 10.6 Å². The molecule has 21 heavy (non-hydrogen) atoms. The van der Waals surface area contributed by atoms with E-state index in [-0.39, 0.29) is 5.82 Å². The summed E-state index contributed by atoms with van der Waals surface area (Å²) in [6, 6.07) is 12.6. The van der Waals surface area contributed by atoms with E-state index in [4.69, 9.17) is 18.0 Å². The number of nitrogens with two attached hydrogens (primary N) is 1. The van der Waals surface area contributed by atoms with Gasteiger partial charge in [-0.2, -0.15) is 0 Å². The predicted molar refractivity (Wildman–Crippen MR) is 92.6 cm³/mol. The Bertz CT molecular complexity index is 658. The van der Waals surface area contributed by atoms with E-state index in [1.807, 2.05) is 42.5 Å². The van der Waals surface area contributed by atoms with E-state index in [9.17, 15) is 4.39 Å². The number of benzene rings is 2. The molecule has 110 valence electrons. The Labute approximate surface area is 134 Å². The highest BCUT2D eigenvalue weighted by Gasteiger charge is 2.14. The first-order valence-corrected chi connectivity index (χ1v) is 8.08. The fourth-order valence-electron chi connectivity index (χ4n) is 2.25. The molecule has 2 N–H and O–H groups in total. The van der Waals surface area contributed by atoms with E-state index in [2.05, 4.69) is 0 Å². The highest BCUT2D eigenvalue weighted by atomic mass is 32.2. The van der Waals surface area contributed by atoms with E-state index < -0.39 is 0 Å². The maximum atomic E-state index is 13.3. The normalized spacial score (nSPS) is 10.4. The van der Waals surface area contributed by atoms with E-state index in [0.29, 0.717) is 11.5 Å². The number of thiocarbonyl (C=S) groups is 1. The van der Waals surface area contributed by atoms with Crippen LogP contribution in [-0.2, 0) is 6.54 Å². The van der Waals surface area contributed by atoms with Crippen molar-refractivity contribution < 1.29 is 4.39 Å². The number of hydrogen-bond donors (Lipinski definition) is 1. The minimum atomic E-state index is -0.228. The Balaban J connectivity index is 2.35. The van der Waals surface area contributed by atoms with Crippen molar-refractivity contribution in [3.63, 3.8) is 0 Å². The topological polar surface area (TPSA) is 29.3 Å². The minimum Gasteiger partial charge on any atom is -0.389 e. The molecule has 0 aliphatic rings. The van der Waals surface area contributed by atoms with E-state index in [1.54, 1.807) is 17.8 Å². The summed E-state index contributed by atoms with van der Waals surface area (Å²) in [4.78, 5) is 3.45. The average molecular weight is 320 g/mol. The molecule has 0 radical (unpaired) electrons. The molecular formula is C16H17FN2S2. The quantitative estimate of drug-likeness (QED) is 0.670. The molecule has 0 spiro atoms. The molecule has 0 aromatic heterocycles. The number of halogens is 1. The zero-order valence-electron chi connectivity index (χ0n) is 12.0. The summed E-state index contributed by atoms with van der Waals surface area (Å²) in [6.07, 6.45) is 1.99. The van der Waals surface area contributed by atoms with Gasteiger partial charge >= 0.3 is 0 Å². The van der Waals surface area contributed by atoms with Crippen molar-refractivity contribution in [2.24, 2.45) is 5.73 Å². The van der Waals surface area contributed by atoms with Gasteiger partial charge in [-0.3, -0.25) is 0 Å². The van der Waals surface area contributed by atoms with Crippen molar-refractivity contribution in [3.8, 4) is 0 Å². The van der Waals surface area contributed by atoms with Crippen LogP contribution in [-0.4, -0.2) is 18.3 Å². The highest BCUT2D eigenvalue weighted by molar-refractivity contribution is 7.98. The third-order valence-electron chi connectivity index (χ3n) is 3.19. The minimum absolute atomic E-state index is 0.228. The van der Waals surface area contributed by atoms with E-state index in [1.165, 1.54) is 12.1 Å². The molecule has 2 nitrogen and oxygen atoms in total. The van der Waals surface area contributed by atoms with E-state index in [0.717, 1.165) is 21.7 Å². The summed E-state index contributed by atoms with van der Waals surface area (Å²) in [5.74, 6) is -0.228. The van der Waals surface area contributed by atoms with Gasteiger partial charge in [-0.1, -0.05) is 30.4 Å². The van der Waals surface area contributed by atoms with Crippen molar-refractivity contribution in [2.45, 2.75) is 11.4 Å². The SMILES string of the molecule is CSc1cccc(N(C)Cc2cccc(F)c2)c1C(N)=S. The first kappa shape index (κ1) is 15.8. The molecule has 0 aliphatic heterocycles. The summed E-state index contributed by atoms with van der Waals surface area (Å²) in [5, 5.41) is 0. The fourth-order valence-corrected chi connectivity index (χ4v) is 3.16. The van der Waals surface area contributed by atoms with Crippen molar-refractivity contribution >= 4 is 34.7 Å². The molecule has 0 bridgehead atoms. The van der Waals surface area contributed by atoms with Crippen LogP contribution in [0.25, 0.3) is 0 Å². The Hall–Kier alpha value is -1.59. The number of nitrogens with zero attached hydrogens (tertiary/aromatic N) is 1. The molecule has 0 heterocycles. The van der Waals surface area contributed by atoms with Gasteiger partial charge in [0, 0.05) is 29.7 Å². The van der Waals surface area contributed by atoms with Gasteiger partial charge < -0.3 is 10.6 Å². The second kappa shape index (κ2) is 6.91. The monoisotopic (exact) mass is 320 g/mol. The van der Waals surface area contributed by atoms with Crippen LogP contribution in [0.5, 0.6) is 0 Å². The van der Waals surface area contributed by atoms with Crippen LogP contribution in [0.2, 0.25) is 0 Å². The van der Waals surface area contributed by atoms with E-state index >= 15 is 0 Å². The molecule has 5 heteroatoms. The highest BCUT2D eigenvalue weighted by Crippen LogP contribution is 2.30. The summed E-state index contributed by atoms with van der Waals surface area (Å²) >= 11 is 6.80. The number of thioether (sulfide) groups is 1. The zero-order valence-corrected chi connectivity index (χ0v) is 13.6. The molecule has 0 fully saturated rings. The summed E-state index contributed by atoms with van der Waals surface area (Å²) < 4.78 is 13.3. The number of rotatable bonds is 5. The van der Waals surface area contributed by atoms with Gasteiger partial charge in [0.15, 0.2) is 0 Å². The lowest BCUT2D eigenvalue weighted by atomic mass is 10.1. The third-order valence-corrected chi connectivity index (χ3v) is 4.17. The molecule has 0 amide bonds. The molecule has 2 aromatic carbocycles. The predicted octanol–water partition coefficient (Wildman–Crippen LogP) is 3.82. The molecule has 0 unspecified atom stereocenters. The summed E-state index contributed by atoms with van der Waals surface area (Å²) in [5.41, 5.74) is 8.61. The summed E-state index contributed by atoms with van der Waals surface area (Å²) in [7, 11) is 1.95. The van der Waals surface area contributed by atoms with Gasteiger partial charge in [-0.05, 0) is 36.1 Å². The maximum absolute atomic E-state index is 13.3. The van der Waals surface area contributed by atoms with Crippen LogP contribution in [0, 0.1) is 5.82 Å².